The van der Waals surface area contributed by atoms with Gasteiger partial charge in [-0.3, -0.25) is 10.00 Å². The number of carboxylic acid groups (broad SMARTS) is 1. The van der Waals surface area contributed by atoms with E-state index >= 15 is 0 Å². The van der Waals surface area contributed by atoms with Crippen LogP contribution in [0.5, 0.6) is 0 Å². The highest BCUT2D eigenvalue weighted by Crippen LogP contribution is 2.29. The lowest BCUT2D eigenvalue weighted by molar-refractivity contribution is 0.0697. The number of furan rings is 1. The van der Waals surface area contributed by atoms with E-state index in [-0.39, 0.29) is 0 Å². The summed E-state index contributed by atoms with van der Waals surface area (Å²) in [4.78, 5) is 13.4. The van der Waals surface area contributed by atoms with Crippen molar-refractivity contribution in [2.75, 3.05) is 13.1 Å². The third kappa shape index (κ3) is 3.55. The number of nitrogens with one attached hydrogen (secondary N) is 1. The smallest absolute Gasteiger partial charge is 0.335 e. The number of hydrogen-bond acceptors (Lipinski definition) is 4. The van der Waals surface area contributed by atoms with E-state index in [1.807, 2.05) is 30.3 Å². The average Bonchev–Trinajstić information content (AvgIpc) is 3.34. The summed E-state index contributed by atoms with van der Waals surface area (Å²) in [7, 11) is 0. The number of likely N-dealkylation sites (tertiary alicyclic amines) is 1. The van der Waals surface area contributed by atoms with E-state index < -0.39 is 5.97 Å². The molecule has 3 aromatic rings. The Labute approximate surface area is 151 Å². The van der Waals surface area contributed by atoms with Crippen molar-refractivity contribution in [2.24, 2.45) is 0 Å². The molecular weight excluding hydrogens is 330 g/mol. The number of aromatic amines is 1. The first-order chi connectivity index (χ1) is 12.7. The van der Waals surface area contributed by atoms with Gasteiger partial charge in [0.05, 0.1) is 12.1 Å². The van der Waals surface area contributed by atoms with Gasteiger partial charge in [-0.25, -0.2) is 4.79 Å². The van der Waals surface area contributed by atoms with Gasteiger partial charge in [-0.05, 0) is 61.2 Å². The Morgan fingerprint density at radius 2 is 2.08 bits per heavy atom. The molecule has 1 saturated heterocycles. The van der Waals surface area contributed by atoms with Crippen molar-refractivity contribution in [1.82, 2.24) is 15.1 Å². The third-order valence-corrected chi connectivity index (χ3v) is 4.94. The van der Waals surface area contributed by atoms with Gasteiger partial charge in [-0.1, -0.05) is 12.1 Å². The number of hydrogen-bond donors (Lipinski definition) is 2. The molecule has 4 rings (SSSR count). The van der Waals surface area contributed by atoms with Crippen LogP contribution in [0.3, 0.4) is 0 Å². The lowest BCUT2D eigenvalue weighted by atomic mass is 9.90. The Balaban J connectivity index is 1.41. The monoisotopic (exact) mass is 351 g/mol. The molecule has 2 aromatic heterocycles. The predicted molar refractivity (Wildman–Crippen MR) is 96.9 cm³/mol. The molecule has 2 N–H and O–H groups in total. The number of H-pyrrole nitrogens is 1. The zero-order chi connectivity index (χ0) is 17.9. The average molecular weight is 351 g/mol. The molecule has 1 aromatic carbocycles. The fraction of sp³-hybridized carbons (Fsp3) is 0.300. The van der Waals surface area contributed by atoms with Gasteiger partial charge in [0.2, 0.25) is 0 Å². The Hall–Kier alpha value is -2.86. The molecule has 1 aliphatic rings. The number of benzene rings is 1. The zero-order valence-electron chi connectivity index (χ0n) is 14.4. The van der Waals surface area contributed by atoms with E-state index in [2.05, 4.69) is 15.1 Å². The van der Waals surface area contributed by atoms with E-state index in [0.717, 1.165) is 49.7 Å². The summed E-state index contributed by atoms with van der Waals surface area (Å²) in [5, 5.41) is 15.9. The lowest BCUT2D eigenvalue weighted by Gasteiger charge is -2.32. The van der Waals surface area contributed by atoms with Crippen LogP contribution < -0.4 is 0 Å². The maximum absolute atomic E-state index is 11.0. The van der Waals surface area contributed by atoms with Crippen LogP contribution in [0.25, 0.3) is 11.5 Å². The minimum Gasteiger partial charge on any atom is -0.478 e. The third-order valence-electron chi connectivity index (χ3n) is 4.94. The van der Waals surface area contributed by atoms with Crippen LogP contribution in [0.2, 0.25) is 0 Å². The van der Waals surface area contributed by atoms with Crippen LogP contribution in [0, 0.1) is 0 Å². The Morgan fingerprint density at radius 3 is 2.81 bits per heavy atom. The molecule has 134 valence electrons. The summed E-state index contributed by atoms with van der Waals surface area (Å²) < 4.78 is 5.94. The van der Waals surface area contributed by atoms with Crippen molar-refractivity contribution in [1.29, 1.82) is 0 Å². The fourth-order valence-electron chi connectivity index (χ4n) is 3.59. The number of nitrogens with zero attached hydrogens (tertiary/aromatic N) is 2. The second-order valence-electron chi connectivity index (χ2n) is 6.74. The van der Waals surface area contributed by atoms with Gasteiger partial charge < -0.3 is 9.52 Å². The number of carbonyl (C=O) groups is 1. The van der Waals surface area contributed by atoms with Crippen LogP contribution >= 0.6 is 0 Å². The maximum Gasteiger partial charge on any atom is 0.335 e. The molecule has 1 aliphatic heterocycles. The van der Waals surface area contributed by atoms with E-state index in [0.29, 0.717) is 11.5 Å². The topological polar surface area (TPSA) is 82.4 Å². The predicted octanol–water partition coefficient (Wildman–Crippen LogP) is 3.75. The van der Waals surface area contributed by atoms with Gasteiger partial charge in [0, 0.05) is 12.7 Å². The Bertz CT molecular complexity index is 868. The van der Waals surface area contributed by atoms with Crippen molar-refractivity contribution in [3.05, 3.63) is 65.5 Å². The number of aromatic nitrogens is 2. The van der Waals surface area contributed by atoms with Gasteiger partial charge in [0.15, 0.2) is 5.76 Å². The molecule has 0 bridgehead atoms. The van der Waals surface area contributed by atoms with Crippen LogP contribution in [0.15, 0.2) is 53.1 Å². The first-order valence-corrected chi connectivity index (χ1v) is 8.83. The summed E-state index contributed by atoms with van der Waals surface area (Å²) in [6, 6.07) is 13.2. The van der Waals surface area contributed by atoms with Crippen molar-refractivity contribution < 1.29 is 14.3 Å². The highest BCUT2D eigenvalue weighted by molar-refractivity contribution is 5.87. The molecule has 0 spiro atoms. The van der Waals surface area contributed by atoms with E-state index in [9.17, 15) is 4.79 Å². The molecule has 0 aliphatic carbocycles. The normalized spacial score (nSPS) is 18.1. The van der Waals surface area contributed by atoms with E-state index in [1.165, 1.54) is 5.56 Å². The van der Waals surface area contributed by atoms with Crippen LogP contribution in [-0.2, 0) is 6.54 Å². The largest absolute Gasteiger partial charge is 0.478 e. The molecule has 0 amide bonds. The second kappa shape index (κ2) is 7.17. The number of aromatic carboxylic acids is 1. The molecule has 26 heavy (non-hydrogen) atoms. The van der Waals surface area contributed by atoms with Crippen molar-refractivity contribution >= 4 is 5.97 Å². The Morgan fingerprint density at radius 1 is 1.23 bits per heavy atom. The highest BCUT2D eigenvalue weighted by atomic mass is 16.4. The molecular formula is C20H21N3O3. The molecule has 1 fully saturated rings. The zero-order valence-corrected chi connectivity index (χ0v) is 14.4. The SMILES string of the molecule is O=C(O)c1ccc([C@H]2CCCN(Cc3ccc(-c4ccn[nH]4)o3)C2)cc1. The molecule has 0 saturated carbocycles. The molecule has 1 atom stereocenters. The van der Waals surface area contributed by atoms with Crippen LogP contribution in [0.1, 0.15) is 40.4 Å². The highest BCUT2D eigenvalue weighted by Gasteiger charge is 2.22. The van der Waals surface area contributed by atoms with Crippen LogP contribution in [0.4, 0.5) is 0 Å². The van der Waals surface area contributed by atoms with E-state index in [1.54, 1.807) is 18.3 Å². The van der Waals surface area contributed by atoms with Gasteiger partial charge in [-0.2, -0.15) is 5.10 Å². The molecule has 0 unspecified atom stereocenters. The first-order valence-electron chi connectivity index (χ1n) is 8.83. The summed E-state index contributed by atoms with van der Waals surface area (Å²) in [5.74, 6) is 1.29. The summed E-state index contributed by atoms with van der Waals surface area (Å²) >= 11 is 0. The Kier molecular flexibility index (Phi) is 4.58. The van der Waals surface area contributed by atoms with Gasteiger partial charge in [0.1, 0.15) is 11.5 Å². The number of piperidine rings is 1. The van der Waals surface area contributed by atoms with E-state index in [4.69, 9.17) is 9.52 Å². The molecule has 3 heterocycles. The quantitative estimate of drug-likeness (QED) is 0.731. The van der Waals surface area contributed by atoms with Gasteiger partial charge >= 0.3 is 5.97 Å². The fourth-order valence-corrected chi connectivity index (χ4v) is 3.59. The standard InChI is InChI=1S/C20H21N3O3/c24-20(25)15-5-3-14(4-6-15)16-2-1-11-23(12-16)13-17-7-8-19(26-17)18-9-10-21-22-18/h3-10,16H,1-2,11-13H2,(H,21,22)(H,24,25)/t16-/m0/s1. The first kappa shape index (κ1) is 16.6. The second-order valence-corrected chi connectivity index (χ2v) is 6.74. The van der Waals surface area contributed by atoms with Crippen molar-refractivity contribution in [2.45, 2.75) is 25.3 Å². The molecule has 6 heteroatoms. The summed E-state index contributed by atoms with van der Waals surface area (Å²) in [6.07, 6.45) is 3.96. The van der Waals surface area contributed by atoms with Gasteiger partial charge in [0.25, 0.3) is 0 Å². The lowest BCUT2D eigenvalue weighted by Crippen LogP contribution is -2.33. The maximum atomic E-state index is 11.0. The molecule has 6 nitrogen and oxygen atoms in total. The minimum atomic E-state index is -0.882. The van der Waals surface area contributed by atoms with Crippen molar-refractivity contribution in [3.63, 3.8) is 0 Å². The number of carboxylic acids is 1. The van der Waals surface area contributed by atoms with Crippen molar-refractivity contribution in [3.8, 4) is 11.5 Å². The number of rotatable bonds is 5. The summed E-state index contributed by atoms with van der Waals surface area (Å²) in [5.41, 5.74) is 2.42. The van der Waals surface area contributed by atoms with Crippen LogP contribution in [-0.4, -0.2) is 39.3 Å². The molecule has 0 radical (unpaired) electrons. The minimum absolute atomic E-state index is 0.336. The summed E-state index contributed by atoms with van der Waals surface area (Å²) in [6.45, 7) is 2.77. The van der Waals surface area contributed by atoms with Gasteiger partial charge in [-0.15, -0.1) is 0 Å².